The van der Waals surface area contributed by atoms with Crippen LogP contribution >= 0.6 is 11.6 Å². The number of ether oxygens (including phenoxy) is 1. The van der Waals surface area contributed by atoms with Crippen molar-refractivity contribution >= 4 is 35.0 Å². The second kappa shape index (κ2) is 6.74. The van der Waals surface area contributed by atoms with Crippen molar-refractivity contribution in [1.29, 1.82) is 0 Å². The quantitative estimate of drug-likeness (QED) is 0.690. The molecule has 1 spiro atoms. The lowest BCUT2D eigenvalue weighted by Crippen LogP contribution is -2.49. The number of aliphatic hydroxyl groups excluding tert-OH is 1. The summed E-state index contributed by atoms with van der Waals surface area (Å²) < 4.78 is 5.37. The maximum absolute atomic E-state index is 13.2. The molecule has 3 rings (SSSR count). The number of hydrogen-bond acceptors (Lipinski definition) is 5. The number of benzene rings is 1. The number of rotatable bonds is 3. The zero-order valence-corrected chi connectivity index (χ0v) is 14.8. The molecule has 26 heavy (non-hydrogen) atoms. The number of carboxylic acid groups (broad SMARTS) is 1. The SMILES string of the molecule is C[C@@H](NC(=O)C1=C(O)c2cc(Cl)ccc2C2(CCOCC2)C1=O)C(=O)O. The Bertz CT molecular complexity index is 825. The molecule has 7 nitrogen and oxygen atoms in total. The Balaban J connectivity index is 2.14. The fraction of sp³-hybridized carbons (Fsp3) is 0.389. The summed E-state index contributed by atoms with van der Waals surface area (Å²) in [5.41, 5.74) is -0.513. The molecule has 1 fully saturated rings. The van der Waals surface area contributed by atoms with E-state index in [0.717, 1.165) is 0 Å². The average Bonchev–Trinajstić information content (AvgIpc) is 2.61. The number of ketones is 1. The molecule has 1 aliphatic heterocycles. The molecule has 1 saturated heterocycles. The minimum Gasteiger partial charge on any atom is -0.506 e. The Kier molecular flexibility index (Phi) is 4.77. The van der Waals surface area contributed by atoms with Gasteiger partial charge in [0.1, 0.15) is 17.4 Å². The van der Waals surface area contributed by atoms with E-state index >= 15 is 0 Å². The largest absolute Gasteiger partial charge is 0.506 e. The molecule has 1 aromatic rings. The molecule has 0 radical (unpaired) electrons. The van der Waals surface area contributed by atoms with Gasteiger partial charge in [0.05, 0.1) is 5.41 Å². The van der Waals surface area contributed by atoms with Crippen molar-refractivity contribution in [3.63, 3.8) is 0 Å². The summed E-state index contributed by atoms with van der Waals surface area (Å²) in [6, 6.07) is 3.62. The van der Waals surface area contributed by atoms with Gasteiger partial charge in [-0.3, -0.25) is 14.4 Å². The molecule has 2 aliphatic rings. The Morgan fingerprint density at radius 1 is 1.31 bits per heavy atom. The summed E-state index contributed by atoms with van der Waals surface area (Å²) in [6.45, 7) is 1.96. The van der Waals surface area contributed by atoms with Gasteiger partial charge in [-0.1, -0.05) is 17.7 Å². The van der Waals surface area contributed by atoms with E-state index in [1.54, 1.807) is 12.1 Å². The van der Waals surface area contributed by atoms with Crippen LogP contribution in [0.15, 0.2) is 23.8 Å². The van der Waals surface area contributed by atoms with Crippen LogP contribution in [-0.2, 0) is 24.5 Å². The standard InChI is InChI=1S/C18H18ClNO6/c1-9(17(24)25)20-16(23)13-14(21)11-8-10(19)2-3-12(11)18(15(13)22)4-6-26-7-5-18/h2-3,8-9,21H,4-7H2,1H3,(H,20,23)(H,24,25)/t9-/m1/s1. The van der Waals surface area contributed by atoms with E-state index in [0.29, 0.717) is 42.2 Å². The highest BCUT2D eigenvalue weighted by Gasteiger charge is 2.50. The lowest BCUT2D eigenvalue weighted by molar-refractivity contribution is -0.141. The van der Waals surface area contributed by atoms with Crippen molar-refractivity contribution < 1.29 is 29.3 Å². The molecule has 1 aliphatic carbocycles. The van der Waals surface area contributed by atoms with Gasteiger partial charge in [-0.05, 0) is 37.5 Å². The monoisotopic (exact) mass is 379 g/mol. The van der Waals surface area contributed by atoms with Gasteiger partial charge in [0, 0.05) is 23.8 Å². The minimum absolute atomic E-state index is 0.312. The third-order valence-corrected chi connectivity index (χ3v) is 5.18. The Morgan fingerprint density at radius 2 is 1.96 bits per heavy atom. The highest BCUT2D eigenvalue weighted by molar-refractivity contribution is 6.32. The summed E-state index contributed by atoms with van der Waals surface area (Å²) in [5, 5.41) is 22.2. The fourth-order valence-electron chi connectivity index (χ4n) is 3.49. The van der Waals surface area contributed by atoms with Gasteiger partial charge >= 0.3 is 5.97 Å². The number of nitrogens with one attached hydrogen (secondary N) is 1. The van der Waals surface area contributed by atoms with Crippen molar-refractivity contribution in [1.82, 2.24) is 5.32 Å². The smallest absolute Gasteiger partial charge is 0.325 e. The first-order valence-corrected chi connectivity index (χ1v) is 8.55. The van der Waals surface area contributed by atoms with Crippen molar-refractivity contribution in [2.75, 3.05) is 13.2 Å². The molecule has 0 bridgehead atoms. The number of amides is 1. The highest BCUT2D eigenvalue weighted by Crippen LogP contribution is 2.46. The summed E-state index contributed by atoms with van der Waals surface area (Å²) >= 11 is 6.04. The van der Waals surface area contributed by atoms with Crippen LogP contribution < -0.4 is 5.32 Å². The predicted octanol–water partition coefficient (Wildman–Crippen LogP) is 1.83. The number of fused-ring (bicyclic) bond motifs is 2. The van der Waals surface area contributed by atoms with Gasteiger partial charge in [0.15, 0.2) is 5.78 Å². The molecular weight excluding hydrogens is 362 g/mol. The number of Topliss-reactive ketones (excluding diaryl/α,β-unsaturated/α-hetero) is 1. The molecule has 1 amide bonds. The Morgan fingerprint density at radius 3 is 2.58 bits per heavy atom. The number of halogens is 1. The van der Waals surface area contributed by atoms with Crippen LogP contribution in [0.5, 0.6) is 0 Å². The molecule has 0 aromatic heterocycles. The van der Waals surface area contributed by atoms with Crippen molar-refractivity contribution in [2.45, 2.75) is 31.2 Å². The van der Waals surface area contributed by atoms with Crippen molar-refractivity contribution in [3.05, 3.63) is 39.9 Å². The Labute approximate surface area is 154 Å². The number of carboxylic acids is 1. The average molecular weight is 380 g/mol. The van der Waals surface area contributed by atoms with Crippen molar-refractivity contribution in [3.8, 4) is 0 Å². The van der Waals surface area contributed by atoms with E-state index < -0.39 is 40.4 Å². The van der Waals surface area contributed by atoms with Gasteiger partial charge in [0.25, 0.3) is 5.91 Å². The van der Waals surface area contributed by atoms with E-state index in [9.17, 15) is 19.5 Å². The maximum Gasteiger partial charge on any atom is 0.325 e. The summed E-state index contributed by atoms with van der Waals surface area (Å²) in [6.07, 6.45) is 0.720. The predicted molar refractivity (Wildman–Crippen MR) is 93.0 cm³/mol. The first-order valence-electron chi connectivity index (χ1n) is 8.18. The first-order chi connectivity index (χ1) is 12.3. The number of carbonyl (C=O) groups excluding carboxylic acids is 2. The van der Waals surface area contributed by atoms with Gasteiger partial charge < -0.3 is 20.3 Å². The molecule has 138 valence electrons. The van der Waals surface area contributed by atoms with Crippen LogP contribution in [0, 0.1) is 0 Å². The summed E-state index contributed by atoms with van der Waals surface area (Å²) in [5.74, 6) is -3.17. The van der Waals surface area contributed by atoms with Crippen LogP contribution in [0.1, 0.15) is 30.9 Å². The summed E-state index contributed by atoms with van der Waals surface area (Å²) in [7, 11) is 0. The third kappa shape index (κ3) is 2.87. The van der Waals surface area contributed by atoms with E-state index in [4.69, 9.17) is 21.4 Å². The number of carbonyl (C=O) groups is 3. The van der Waals surface area contributed by atoms with Gasteiger partial charge in [-0.15, -0.1) is 0 Å². The van der Waals surface area contributed by atoms with Crippen LogP contribution in [0.2, 0.25) is 5.02 Å². The lowest BCUT2D eigenvalue weighted by atomic mass is 9.64. The van der Waals surface area contributed by atoms with Crippen LogP contribution in [-0.4, -0.2) is 47.1 Å². The summed E-state index contributed by atoms with van der Waals surface area (Å²) in [4.78, 5) is 36.8. The highest BCUT2D eigenvalue weighted by atomic mass is 35.5. The minimum atomic E-state index is -1.24. The number of hydrogen-bond donors (Lipinski definition) is 3. The second-order valence-corrected chi connectivity index (χ2v) is 6.91. The molecule has 3 N–H and O–H groups in total. The number of aliphatic carboxylic acids is 1. The van der Waals surface area contributed by atoms with E-state index in [-0.39, 0.29) is 0 Å². The van der Waals surface area contributed by atoms with E-state index in [2.05, 4.69) is 5.32 Å². The molecule has 1 atom stereocenters. The van der Waals surface area contributed by atoms with Crippen molar-refractivity contribution in [2.24, 2.45) is 0 Å². The van der Waals surface area contributed by atoms with E-state index in [1.807, 2.05) is 0 Å². The van der Waals surface area contributed by atoms with Gasteiger partial charge in [0.2, 0.25) is 0 Å². The maximum atomic E-state index is 13.2. The Hall–Kier alpha value is -2.38. The number of aliphatic hydroxyl groups is 1. The topological polar surface area (TPSA) is 113 Å². The zero-order valence-electron chi connectivity index (χ0n) is 14.0. The lowest BCUT2D eigenvalue weighted by Gasteiger charge is -2.40. The van der Waals surface area contributed by atoms with Crippen LogP contribution in [0.25, 0.3) is 5.76 Å². The molecular formula is C18H18ClNO6. The molecule has 0 unspecified atom stereocenters. The molecule has 0 saturated carbocycles. The third-order valence-electron chi connectivity index (χ3n) is 4.94. The van der Waals surface area contributed by atoms with Gasteiger partial charge in [-0.25, -0.2) is 0 Å². The molecule has 1 aromatic carbocycles. The molecule has 8 heteroatoms. The normalized spacial score (nSPS) is 19.8. The fourth-order valence-corrected chi connectivity index (χ4v) is 3.66. The second-order valence-electron chi connectivity index (χ2n) is 6.47. The first kappa shape index (κ1) is 18.4. The zero-order chi connectivity index (χ0) is 19.1. The van der Waals surface area contributed by atoms with Gasteiger partial charge in [-0.2, -0.15) is 0 Å². The molecule has 1 heterocycles. The van der Waals surface area contributed by atoms with Crippen LogP contribution in [0.3, 0.4) is 0 Å². The van der Waals surface area contributed by atoms with E-state index in [1.165, 1.54) is 13.0 Å². The van der Waals surface area contributed by atoms with Crippen LogP contribution in [0.4, 0.5) is 0 Å².